The number of rotatable bonds is 11. The Kier molecular flexibility index (Phi) is 10.2. The van der Waals surface area contributed by atoms with E-state index in [4.69, 9.17) is 15.3 Å². The number of hydrogen-bond acceptors (Lipinski definition) is 6. The Balaban J connectivity index is 1.39. The second-order valence-electron chi connectivity index (χ2n) is 10.1. The number of aromatic nitrogens is 1. The molecule has 36 heavy (non-hydrogen) atoms. The van der Waals surface area contributed by atoms with E-state index in [0.717, 1.165) is 50.2 Å². The summed E-state index contributed by atoms with van der Waals surface area (Å²) in [5.41, 5.74) is 8.09. The first-order valence-corrected chi connectivity index (χ1v) is 13.0. The van der Waals surface area contributed by atoms with Crippen molar-refractivity contribution in [3.05, 3.63) is 42.6 Å². The van der Waals surface area contributed by atoms with E-state index in [1.807, 2.05) is 32.2 Å². The van der Waals surface area contributed by atoms with Crippen molar-refractivity contribution in [1.29, 1.82) is 0 Å². The van der Waals surface area contributed by atoms with Gasteiger partial charge in [0.05, 0.1) is 12.7 Å². The van der Waals surface area contributed by atoms with Gasteiger partial charge in [0.1, 0.15) is 5.84 Å². The topological polar surface area (TPSA) is 124 Å². The monoisotopic (exact) mass is 500 g/mol. The Morgan fingerprint density at radius 2 is 2.06 bits per heavy atom. The van der Waals surface area contributed by atoms with Crippen molar-refractivity contribution < 1.29 is 24.5 Å². The summed E-state index contributed by atoms with van der Waals surface area (Å²) >= 11 is 0. The largest absolute Gasteiger partial charge is 0.487 e. The Morgan fingerprint density at radius 3 is 2.64 bits per heavy atom. The maximum Gasteiger partial charge on any atom is 0.223 e. The van der Waals surface area contributed by atoms with Crippen LogP contribution in [0.2, 0.25) is 0 Å². The van der Waals surface area contributed by atoms with Crippen LogP contribution in [0, 0.1) is 17.8 Å². The van der Waals surface area contributed by atoms with E-state index >= 15 is 0 Å². The van der Waals surface area contributed by atoms with Gasteiger partial charge in [-0.3, -0.25) is 4.79 Å². The molecule has 5 N–H and O–H groups in total. The van der Waals surface area contributed by atoms with Crippen LogP contribution in [-0.2, 0) is 9.63 Å². The molecule has 1 aliphatic carbocycles. The van der Waals surface area contributed by atoms with E-state index in [-0.39, 0.29) is 17.7 Å². The molecule has 1 unspecified atom stereocenters. The van der Waals surface area contributed by atoms with Gasteiger partial charge in [0, 0.05) is 43.1 Å². The standard InChI is InChI=1S/C27H41N5O4/c1-18(2)26(28)31-36-20(4)32-13-11-21(12-14-32)17-35-24-9-10-25(29-16-24)22-5-7-23(8-6-22)27(34)30-15-19(3)33/h5,9-10,16,18-19,21,23,33H,4,6-8,11-15,17H2,1-3H3,(H2,28,31)(H,30,34)/p+1/t19-,23?/m1/s1. The van der Waals surface area contributed by atoms with Gasteiger partial charge in [-0.1, -0.05) is 25.1 Å². The zero-order valence-corrected chi connectivity index (χ0v) is 21.8. The molecule has 2 heterocycles. The number of nitrogens with zero attached hydrogens (tertiary/aromatic N) is 2. The number of aliphatic hydroxyl groups is 1. The SMILES string of the molecule is C=C(O/N=C(\N)C(C)C)N1CCC(COc2ccc(C3=CCC(C(=O)NC[C@@H](C)O)CC3)[nH+]c2)CC1. The van der Waals surface area contributed by atoms with Gasteiger partial charge in [-0.05, 0) is 57.6 Å². The van der Waals surface area contributed by atoms with Gasteiger partial charge in [-0.25, -0.2) is 4.98 Å². The number of nitrogens with two attached hydrogens (primary N) is 1. The average molecular weight is 501 g/mol. The van der Waals surface area contributed by atoms with Crippen molar-refractivity contribution in [1.82, 2.24) is 10.2 Å². The lowest BCUT2D eigenvalue weighted by molar-refractivity contribution is -0.383. The lowest BCUT2D eigenvalue weighted by Crippen LogP contribution is -2.36. The van der Waals surface area contributed by atoms with E-state index in [1.54, 1.807) is 6.92 Å². The van der Waals surface area contributed by atoms with Crippen molar-refractivity contribution in [2.45, 2.75) is 59.0 Å². The van der Waals surface area contributed by atoms with Crippen LogP contribution in [0.15, 0.2) is 42.0 Å². The fourth-order valence-corrected chi connectivity index (χ4v) is 4.24. The summed E-state index contributed by atoms with van der Waals surface area (Å²) in [7, 11) is 0. The summed E-state index contributed by atoms with van der Waals surface area (Å²) in [4.78, 5) is 23.1. The average Bonchev–Trinajstić information content (AvgIpc) is 2.89. The maximum absolute atomic E-state index is 12.2. The number of oxime groups is 1. The lowest BCUT2D eigenvalue weighted by atomic mass is 9.87. The van der Waals surface area contributed by atoms with Crippen LogP contribution in [0.3, 0.4) is 0 Å². The number of H-pyrrole nitrogens is 1. The molecule has 1 fully saturated rings. The van der Waals surface area contributed by atoms with Gasteiger partial charge in [0.25, 0.3) is 0 Å². The number of aliphatic hydroxyl groups excluding tert-OH is 1. The third kappa shape index (κ3) is 8.26. The number of amidine groups is 1. The molecule has 0 bridgehead atoms. The Bertz CT molecular complexity index is 934. The van der Waals surface area contributed by atoms with Crippen molar-refractivity contribution >= 4 is 17.3 Å². The zero-order chi connectivity index (χ0) is 26.1. The predicted octanol–water partition coefficient (Wildman–Crippen LogP) is 2.69. The van der Waals surface area contributed by atoms with Gasteiger partial charge >= 0.3 is 0 Å². The highest BCUT2D eigenvalue weighted by Crippen LogP contribution is 2.29. The molecular weight excluding hydrogens is 458 g/mol. The Hall–Kier alpha value is -3.07. The van der Waals surface area contributed by atoms with E-state index in [0.29, 0.717) is 37.2 Å². The van der Waals surface area contributed by atoms with Gasteiger partial charge in [-0.15, -0.1) is 0 Å². The fourth-order valence-electron chi connectivity index (χ4n) is 4.24. The van der Waals surface area contributed by atoms with Crippen LogP contribution in [-0.4, -0.2) is 54.1 Å². The molecule has 3 rings (SSSR count). The zero-order valence-electron chi connectivity index (χ0n) is 21.8. The number of carbonyl (C=O) groups excluding carboxylic acids is 1. The second kappa shape index (κ2) is 13.3. The molecule has 0 aromatic carbocycles. The highest BCUT2D eigenvalue weighted by molar-refractivity contribution is 5.81. The molecule has 1 aliphatic heterocycles. The highest BCUT2D eigenvalue weighted by Gasteiger charge is 2.25. The number of likely N-dealkylation sites (tertiary alicyclic amines) is 1. The molecule has 1 aromatic heterocycles. The molecule has 198 valence electrons. The quantitative estimate of drug-likeness (QED) is 0.186. The minimum Gasteiger partial charge on any atom is -0.487 e. The summed E-state index contributed by atoms with van der Waals surface area (Å²) in [6.07, 6.45) is 7.85. The van der Waals surface area contributed by atoms with Crippen LogP contribution in [0.4, 0.5) is 0 Å². The number of hydrogen-bond donors (Lipinski definition) is 3. The fraction of sp³-hybridized carbons (Fsp3) is 0.593. The highest BCUT2D eigenvalue weighted by atomic mass is 16.6. The smallest absolute Gasteiger partial charge is 0.223 e. The number of ether oxygens (including phenoxy) is 1. The van der Waals surface area contributed by atoms with Crippen LogP contribution < -0.4 is 20.8 Å². The molecule has 2 aliphatic rings. The van der Waals surface area contributed by atoms with Crippen LogP contribution >= 0.6 is 0 Å². The molecule has 0 radical (unpaired) electrons. The van der Waals surface area contributed by atoms with Gasteiger partial charge in [0.15, 0.2) is 5.75 Å². The summed E-state index contributed by atoms with van der Waals surface area (Å²) in [6.45, 7) is 12.2. The number of nitrogens with one attached hydrogen (secondary N) is 2. The van der Waals surface area contributed by atoms with Crippen molar-refractivity contribution in [3.63, 3.8) is 0 Å². The molecule has 9 nitrogen and oxygen atoms in total. The van der Waals surface area contributed by atoms with Crippen molar-refractivity contribution in [2.75, 3.05) is 26.2 Å². The minimum absolute atomic E-state index is 0.0194. The number of amides is 1. The minimum atomic E-state index is -0.527. The maximum atomic E-state index is 12.2. The van der Waals surface area contributed by atoms with Gasteiger partial charge in [-0.2, -0.15) is 0 Å². The summed E-state index contributed by atoms with van der Waals surface area (Å²) in [5, 5.41) is 16.1. The first-order valence-electron chi connectivity index (χ1n) is 13.0. The summed E-state index contributed by atoms with van der Waals surface area (Å²) in [5.74, 6) is 2.41. The second-order valence-corrected chi connectivity index (χ2v) is 10.1. The molecular formula is C27H42N5O4+. The third-order valence-electron chi connectivity index (χ3n) is 6.78. The Morgan fingerprint density at radius 1 is 1.31 bits per heavy atom. The number of allylic oxidation sites excluding steroid dienone is 2. The first-order chi connectivity index (χ1) is 17.2. The molecule has 0 saturated carbocycles. The van der Waals surface area contributed by atoms with Crippen LogP contribution in [0.1, 0.15) is 58.6 Å². The lowest BCUT2D eigenvalue weighted by Gasteiger charge is -2.32. The van der Waals surface area contributed by atoms with Crippen molar-refractivity contribution in [2.24, 2.45) is 28.6 Å². The molecule has 1 aromatic rings. The van der Waals surface area contributed by atoms with Crippen molar-refractivity contribution in [3.8, 4) is 5.75 Å². The summed E-state index contributed by atoms with van der Waals surface area (Å²) in [6, 6.07) is 4.04. The normalized spacial score (nSPS) is 20.0. The molecule has 9 heteroatoms. The third-order valence-corrected chi connectivity index (χ3v) is 6.78. The molecule has 1 saturated heterocycles. The van der Waals surface area contributed by atoms with Gasteiger partial charge in [0.2, 0.25) is 23.7 Å². The predicted molar refractivity (Wildman–Crippen MR) is 139 cm³/mol. The van der Waals surface area contributed by atoms with E-state index < -0.39 is 6.10 Å². The Labute approximate surface area is 214 Å². The first kappa shape index (κ1) is 27.5. The van der Waals surface area contributed by atoms with Crippen LogP contribution in [0.25, 0.3) is 5.57 Å². The number of aromatic amines is 1. The number of pyridine rings is 1. The molecule has 1 amide bonds. The number of carbonyl (C=O) groups is 1. The van der Waals surface area contributed by atoms with E-state index in [1.165, 1.54) is 5.57 Å². The van der Waals surface area contributed by atoms with Crippen LogP contribution in [0.5, 0.6) is 5.75 Å². The van der Waals surface area contributed by atoms with Gasteiger partial charge < -0.3 is 30.6 Å². The van der Waals surface area contributed by atoms with E-state index in [2.05, 4.69) is 33.0 Å². The van der Waals surface area contributed by atoms with E-state index in [9.17, 15) is 9.90 Å². The summed E-state index contributed by atoms with van der Waals surface area (Å²) < 4.78 is 6.05. The molecule has 2 atom stereocenters. The number of piperidine rings is 1. The molecule has 0 spiro atoms.